The second kappa shape index (κ2) is 4.95. The number of carbonyl (C=O) groups is 2. The Balaban J connectivity index is 2.35. The summed E-state index contributed by atoms with van der Waals surface area (Å²) in [5, 5.41) is 2.53. The van der Waals surface area contributed by atoms with Crippen molar-refractivity contribution in [2.45, 2.75) is 31.9 Å². The minimum atomic E-state index is -0.614. The number of rotatable bonds is 3. The van der Waals surface area contributed by atoms with Gasteiger partial charge in [0.25, 0.3) is 0 Å². The highest BCUT2D eigenvalue weighted by molar-refractivity contribution is 5.86. The van der Waals surface area contributed by atoms with Crippen molar-refractivity contribution in [2.75, 3.05) is 13.7 Å². The molecule has 1 aliphatic heterocycles. The number of carbonyl (C=O) groups excluding carboxylic acids is 2. The molecule has 0 saturated carbocycles. The number of hydrogen-bond donors (Lipinski definition) is 1. The predicted molar refractivity (Wildman–Crippen MR) is 48.6 cm³/mol. The van der Waals surface area contributed by atoms with Gasteiger partial charge in [0, 0.05) is 6.61 Å². The lowest BCUT2D eigenvalue weighted by Crippen LogP contribution is -2.44. The number of ether oxygens (including phenoxy) is 2. The Bertz CT molecular complexity index is 223. The van der Waals surface area contributed by atoms with Crippen molar-refractivity contribution in [2.24, 2.45) is 0 Å². The molecule has 0 radical (unpaired) electrons. The fourth-order valence-corrected chi connectivity index (χ4v) is 1.33. The third kappa shape index (κ3) is 2.70. The highest BCUT2D eigenvalue weighted by Crippen LogP contribution is 2.11. The van der Waals surface area contributed by atoms with Crippen molar-refractivity contribution < 1.29 is 19.1 Å². The maximum atomic E-state index is 11.4. The monoisotopic (exact) mass is 201 g/mol. The van der Waals surface area contributed by atoms with Gasteiger partial charge in [0.1, 0.15) is 12.1 Å². The van der Waals surface area contributed by atoms with Crippen LogP contribution in [0, 0.1) is 0 Å². The van der Waals surface area contributed by atoms with Gasteiger partial charge in [0.15, 0.2) is 0 Å². The van der Waals surface area contributed by atoms with E-state index in [0.29, 0.717) is 6.61 Å². The van der Waals surface area contributed by atoms with Crippen LogP contribution in [0.5, 0.6) is 0 Å². The highest BCUT2D eigenvalue weighted by atomic mass is 16.5. The van der Waals surface area contributed by atoms with Gasteiger partial charge in [-0.05, 0) is 19.8 Å². The van der Waals surface area contributed by atoms with Crippen molar-refractivity contribution in [3.63, 3.8) is 0 Å². The summed E-state index contributed by atoms with van der Waals surface area (Å²) in [5.74, 6) is -0.684. The zero-order valence-corrected chi connectivity index (χ0v) is 8.41. The molecule has 1 N–H and O–H groups in total. The molecule has 0 aliphatic carbocycles. The molecule has 0 aromatic rings. The van der Waals surface area contributed by atoms with E-state index in [0.717, 1.165) is 12.8 Å². The lowest BCUT2D eigenvalue weighted by atomic mass is 10.2. The molecule has 2 atom stereocenters. The summed E-state index contributed by atoms with van der Waals surface area (Å²) in [4.78, 5) is 22.4. The van der Waals surface area contributed by atoms with Gasteiger partial charge in [0.2, 0.25) is 5.91 Å². The van der Waals surface area contributed by atoms with E-state index in [-0.39, 0.29) is 5.91 Å². The van der Waals surface area contributed by atoms with E-state index in [2.05, 4.69) is 10.1 Å². The number of methoxy groups -OCH3 is 1. The van der Waals surface area contributed by atoms with Crippen LogP contribution in [0.3, 0.4) is 0 Å². The fraction of sp³-hybridized carbons (Fsp3) is 0.778. The number of esters is 1. The van der Waals surface area contributed by atoms with E-state index >= 15 is 0 Å². The quantitative estimate of drug-likeness (QED) is 0.644. The summed E-state index contributed by atoms with van der Waals surface area (Å²) in [7, 11) is 1.29. The molecule has 0 unspecified atom stereocenters. The molecule has 1 rings (SSSR count). The molecular weight excluding hydrogens is 186 g/mol. The van der Waals surface area contributed by atoms with Gasteiger partial charge in [-0.2, -0.15) is 0 Å². The van der Waals surface area contributed by atoms with Crippen LogP contribution in [0.15, 0.2) is 0 Å². The summed E-state index contributed by atoms with van der Waals surface area (Å²) in [6.07, 6.45) is 1.21. The Labute approximate surface area is 82.8 Å². The van der Waals surface area contributed by atoms with Gasteiger partial charge in [-0.3, -0.25) is 4.79 Å². The van der Waals surface area contributed by atoms with E-state index < -0.39 is 18.1 Å². The van der Waals surface area contributed by atoms with Gasteiger partial charge in [-0.15, -0.1) is 0 Å². The first-order valence-electron chi connectivity index (χ1n) is 4.65. The van der Waals surface area contributed by atoms with Crippen LogP contribution in [-0.4, -0.2) is 37.7 Å². The molecule has 0 aromatic carbocycles. The second-order valence-electron chi connectivity index (χ2n) is 3.26. The summed E-state index contributed by atoms with van der Waals surface area (Å²) in [6.45, 7) is 2.20. The van der Waals surface area contributed by atoms with Crippen LogP contribution in [-0.2, 0) is 19.1 Å². The predicted octanol–water partition coefficient (Wildman–Crippen LogP) is -0.157. The summed E-state index contributed by atoms with van der Waals surface area (Å²) in [5.41, 5.74) is 0. The fourth-order valence-electron chi connectivity index (χ4n) is 1.33. The van der Waals surface area contributed by atoms with Crippen LogP contribution in [0.4, 0.5) is 0 Å². The second-order valence-corrected chi connectivity index (χ2v) is 3.26. The summed E-state index contributed by atoms with van der Waals surface area (Å²) >= 11 is 0. The number of amides is 1. The van der Waals surface area contributed by atoms with Crippen LogP contribution in [0.25, 0.3) is 0 Å². The Morgan fingerprint density at radius 1 is 1.57 bits per heavy atom. The van der Waals surface area contributed by atoms with E-state index in [9.17, 15) is 9.59 Å². The van der Waals surface area contributed by atoms with Gasteiger partial charge in [-0.25, -0.2) is 4.79 Å². The van der Waals surface area contributed by atoms with Crippen molar-refractivity contribution in [1.29, 1.82) is 0 Å². The minimum Gasteiger partial charge on any atom is -0.467 e. The molecular formula is C9H15NO4. The number of hydrogen-bond acceptors (Lipinski definition) is 4. The maximum absolute atomic E-state index is 11.4. The zero-order chi connectivity index (χ0) is 10.6. The average Bonchev–Trinajstić information content (AvgIpc) is 2.69. The first-order chi connectivity index (χ1) is 6.65. The van der Waals surface area contributed by atoms with E-state index in [1.165, 1.54) is 7.11 Å². The standard InChI is InChI=1S/C9H15NO4/c1-6(9(12)13-2)10-8(11)7-4-3-5-14-7/h6-7H,3-5H2,1-2H3,(H,10,11)/t6-,7-/m0/s1. The molecule has 1 aliphatic rings. The normalized spacial score (nSPS) is 22.9. The van der Waals surface area contributed by atoms with Gasteiger partial charge < -0.3 is 14.8 Å². The SMILES string of the molecule is COC(=O)[C@H](C)NC(=O)[C@@H]1CCCO1. The Morgan fingerprint density at radius 3 is 2.79 bits per heavy atom. The zero-order valence-electron chi connectivity index (χ0n) is 8.41. The van der Waals surface area contributed by atoms with E-state index in [1.807, 2.05) is 0 Å². The van der Waals surface area contributed by atoms with Crippen LogP contribution in [0.2, 0.25) is 0 Å². The molecule has 0 bridgehead atoms. The topological polar surface area (TPSA) is 64.6 Å². The summed E-state index contributed by atoms with van der Waals surface area (Å²) in [6, 6.07) is -0.614. The molecule has 0 spiro atoms. The van der Waals surface area contributed by atoms with Gasteiger partial charge in [-0.1, -0.05) is 0 Å². The smallest absolute Gasteiger partial charge is 0.328 e. The number of nitrogens with one attached hydrogen (secondary N) is 1. The van der Waals surface area contributed by atoms with Crippen LogP contribution in [0.1, 0.15) is 19.8 Å². The van der Waals surface area contributed by atoms with Crippen molar-refractivity contribution in [1.82, 2.24) is 5.32 Å². The molecule has 0 aromatic heterocycles. The molecule has 1 saturated heterocycles. The largest absolute Gasteiger partial charge is 0.467 e. The third-order valence-electron chi connectivity index (χ3n) is 2.14. The van der Waals surface area contributed by atoms with Crippen LogP contribution < -0.4 is 5.32 Å². The first-order valence-corrected chi connectivity index (χ1v) is 4.65. The van der Waals surface area contributed by atoms with Crippen LogP contribution >= 0.6 is 0 Å². The average molecular weight is 201 g/mol. The Kier molecular flexibility index (Phi) is 3.88. The lowest BCUT2D eigenvalue weighted by Gasteiger charge is -2.14. The Morgan fingerprint density at radius 2 is 2.29 bits per heavy atom. The third-order valence-corrected chi connectivity index (χ3v) is 2.14. The van der Waals surface area contributed by atoms with Gasteiger partial charge >= 0.3 is 5.97 Å². The minimum absolute atomic E-state index is 0.236. The van der Waals surface area contributed by atoms with Crippen molar-refractivity contribution >= 4 is 11.9 Å². The highest BCUT2D eigenvalue weighted by Gasteiger charge is 2.26. The van der Waals surface area contributed by atoms with E-state index in [4.69, 9.17) is 4.74 Å². The van der Waals surface area contributed by atoms with E-state index in [1.54, 1.807) is 6.92 Å². The molecule has 80 valence electrons. The molecule has 5 nitrogen and oxygen atoms in total. The van der Waals surface area contributed by atoms with Crippen molar-refractivity contribution in [3.8, 4) is 0 Å². The molecule has 1 amide bonds. The Hall–Kier alpha value is -1.10. The lowest BCUT2D eigenvalue weighted by molar-refractivity contribution is -0.145. The maximum Gasteiger partial charge on any atom is 0.328 e. The van der Waals surface area contributed by atoms with Gasteiger partial charge in [0.05, 0.1) is 7.11 Å². The molecule has 5 heteroatoms. The summed E-state index contributed by atoms with van der Waals surface area (Å²) < 4.78 is 9.65. The molecule has 1 heterocycles. The molecule has 14 heavy (non-hydrogen) atoms. The first kappa shape index (κ1) is 11.0. The molecule has 1 fully saturated rings. The van der Waals surface area contributed by atoms with Crippen molar-refractivity contribution in [3.05, 3.63) is 0 Å².